The predicted molar refractivity (Wildman–Crippen MR) is 255 cm³/mol. The van der Waals surface area contributed by atoms with Gasteiger partial charge in [-0.3, -0.25) is 4.79 Å². The van der Waals surface area contributed by atoms with E-state index in [2.05, 4.69) is 31.3 Å². The third-order valence-electron chi connectivity index (χ3n) is 12.3. The highest BCUT2D eigenvalue weighted by Gasteiger charge is 2.22. The molecule has 344 valence electrons. The van der Waals surface area contributed by atoms with Gasteiger partial charge in [-0.1, -0.05) is 276 Å². The molecule has 3 atom stereocenters. The Morgan fingerprint density at radius 2 is 0.707 bits per heavy atom. The maximum atomic E-state index is 12.5. The van der Waals surface area contributed by atoms with Crippen LogP contribution >= 0.6 is 0 Å². The van der Waals surface area contributed by atoms with Crippen LogP contribution in [-0.2, 0) is 4.79 Å². The van der Waals surface area contributed by atoms with Gasteiger partial charge in [0.05, 0.1) is 18.8 Å². The van der Waals surface area contributed by atoms with Gasteiger partial charge in [0, 0.05) is 0 Å². The number of rotatable bonds is 48. The predicted octanol–water partition coefficient (Wildman–Crippen LogP) is 15.7. The highest BCUT2D eigenvalue weighted by molar-refractivity contribution is 5.80. The summed E-state index contributed by atoms with van der Waals surface area (Å²) in [6.45, 7) is 4.20. The second-order valence-corrected chi connectivity index (χ2v) is 18.1. The smallest absolute Gasteiger partial charge is 0.249 e. The summed E-state index contributed by atoms with van der Waals surface area (Å²) in [5.74, 6) is -0.507. The SMILES string of the molecule is CCCCCCCCCCCCCCCCC/C=C/CC/C=C/C(O)C(CO)NC(=O)C(O)CCCCCCCCCCCCCCCCCCCCCCCCC. The number of amides is 1. The Labute approximate surface area is 362 Å². The van der Waals surface area contributed by atoms with E-state index in [1.54, 1.807) is 6.08 Å². The highest BCUT2D eigenvalue weighted by atomic mass is 16.3. The second kappa shape index (κ2) is 48.5. The molecule has 0 heterocycles. The normalized spacial score (nSPS) is 13.5. The van der Waals surface area contributed by atoms with Crippen LogP contribution in [0.25, 0.3) is 0 Å². The van der Waals surface area contributed by atoms with Crippen molar-refractivity contribution in [3.63, 3.8) is 0 Å². The highest BCUT2D eigenvalue weighted by Crippen LogP contribution is 2.17. The van der Waals surface area contributed by atoms with Gasteiger partial charge in [0.15, 0.2) is 0 Å². The van der Waals surface area contributed by atoms with Gasteiger partial charge < -0.3 is 20.6 Å². The summed E-state index contributed by atoms with van der Waals surface area (Å²) in [5, 5.41) is 33.3. The molecule has 0 saturated carbocycles. The van der Waals surface area contributed by atoms with E-state index in [1.165, 1.54) is 225 Å². The van der Waals surface area contributed by atoms with Gasteiger partial charge in [0.2, 0.25) is 5.91 Å². The summed E-state index contributed by atoms with van der Waals surface area (Å²) in [6.07, 6.45) is 61.0. The molecule has 0 radical (unpaired) electrons. The van der Waals surface area contributed by atoms with E-state index >= 15 is 0 Å². The quantitative estimate of drug-likeness (QED) is 0.0364. The first-order valence-corrected chi connectivity index (χ1v) is 26.2. The molecule has 0 aromatic carbocycles. The molecule has 0 rings (SSSR count). The van der Waals surface area contributed by atoms with Crippen LogP contribution in [0.1, 0.15) is 284 Å². The van der Waals surface area contributed by atoms with E-state index in [0.29, 0.717) is 6.42 Å². The Bertz CT molecular complexity index is 859. The fraction of sp³-hybridized carbons (Fsp3) is 0.906. The number of aliphatic hydroxyl groups is 3. The molecule has 5 heteroatoms. The number of unbranched alkanes of at least 4 members (excludes halogenated alkanes) is 38. The summed E-state index contributed by atoms with van der Waals surface area (Å²) in [7, 11) is 0. The third kappa shape index (κ3) is 42.9. The number of aliphatic hydroxyl groups excluding tert-OH is 3. The largest absolute Gasteiger partial charge is 0.394 e. The second-order valence-electron chi connectivity index (χ2n) is 18.1. The average molecular weight is 818 g/mol. The van der Waals surface area contributed by atoms with Gasteiger partial charge in [-0.15, -0.1) is 0 Å². The molecule has 0 spiro atoms. The maximum Gasteiger partial charge on any atom is 0.249 e. The molecule has 1 amide bonds. The minimum absolute atomic E-state index is 0.372. The number of allylic oxidation sites excluding steroid dienone is 3. The van der Waals surface area contributed by atoms with Crippen molar-refractivity contribution in [2.24, 2.45) is 0 Å². The molecule has 3 unspecified atom stereocenters. The molecule has 5 nitrogen and oxygen atoms in total. The van der Waals surface area contributed by atoms with E-state index in [0.717, 1.165) is 38.5 Å². The maximum absolute atomic E-state index is 12.5. The molecule has 0 fully saturated rings. The van der Waals surface area contributed by atoms with Crippen molar-refractivity contribution in [3.8, 4) is 0 Å². The first-order valence-electron chi connectivity index (χ1n) is 26.2. The lowest BCUT2D eigenvalue weighted by Crippen LogP contribution is -2.48. The van der Waals surface area contributed by atoms with E-state index in [1.807, 2.05) is 6.08 Å². The topological polar surface area (TPSA) is 89.8 Å². The van der Waals surface area contributed by atoms with Crippen molar-refractivity contribution >= 4 is 5.91 Å². The van der Waals surface area contributed by atoms with Crippen LogP contribution in [0.4, 0.5) is 0 Å². The van der Waals surface area contributed by atoms with Crippen molar-refractivity contribution in [2.75, 3.05) is 6.61 Å². The Hall–Kier alpha value is -1.17. The molecular weight excluding hydrogens is 715 g/mol. The Kier molecular flexibility index (Phi) is 47.5. The Morgan fingerprint density at radius 1 is 0.414 bits per heavy atom. The van der Waals surface area contributed by atoms with Crippen molar-refractivity contribution in [1.29, 1.82) is 0 Å². The summed E-state index contributed by atoms with van der Waals surface area (Å²) in [4.78, 5) is 12.5. The molecular formula is C53H103NO4. The van der Waals surface area contributed by atoms with Crippen molar-refractivity contribution < 1.29 is 20.1 Å². The van der Waals surface area contributed by atoms with Crippen molar-refractivity contribution in [1.82, 2.24) is 5.32 Å². The monoisotopic (exact) mass is 818 g/mol. The summed E-state index contributed by atoms with van der Waals surface area (Å²) < 4.78 is 0. The minimum atomic E-state index is -1.10. The zero-order valence-electron chi connectivity index (χ0n) is 39.2. The van der Waals surface area contributed by atoms with Crippen LogP contribution in [-0.4, -0.2) is 46.1 Å². The van der Waals surface area contributed by atoms with E-state index in [-0.39, 0.29) is 6.61 Å². The van der Waals surface area contributed by atoms with Gasteiger partial charge in [-0.25, -0.2) is 0 Å². The number of carbonyl (C=O) groups is 1. The molecule has 0 aliphatic carbocycles. The van der Waals surface area contributed by atoms with Crippen LogP contribution in [0.15, 0.2) is 24.3 Å². The van der Waals surface area contributed by atoms with E-state index in [4.69, 9.17) is 0 Å². The molecule has 0 saturated heterocycles. The Balaban J connectivity index is 3.61. The van der Waals surface area contributed by atoms with Crippen molar-refractivity contribution in [2.45, 2.75) is 302 Å². The van der Waals surface area contributed by atoms with Gasteiger partial charge in [0.1, 0.15) is 6.10 Å². The molecule has 58 heavy (non-hydrogen) atoms. The van der Waals surface area contributed by atoms with Crippen LogP contribution in [0.5, 0.6) is 0 Å². The fourth-order valence-electron chi connectivity index (χ4n) is 8.20. The Morgan fingerprint density at radius 3 is 1.05 bits per heavy atom. The average Bonchev–Trinajstić information content (AvgIpc) is 3.23. The number of hydrogen-bond donors (Lipinski definition) is 4. The number of nitrogens with one attached hydrogen (secondary N) is 1. The first kappa shape index (κ1) is 56.8. The number of hydrogen-bond acceptors (Lipinski definition) is 4. The lowest BCUT2D eigenvalue weighted by molar-refractivity contribution is -0.131. The lowest BCUT2D eigenvalue weighted by Gasteiger charge is -2.21. The molecule has 0 aromatic rings. The zero-order valence-corrected chi connectivity index (χ0v) is 39.2. The summed E-state index contributed by atoms with van der Waals surface area (Å²) in [5.41, 5.74) is 0. The van der Waals surface area contributed by atoms with Gasteiger partial charge >= 0.3 is 0 Å². The summed E-state index contributed by atoms with van der Waals surface area (Å²) in [6, 6.07) is -0.812. The van der Waals surface area contributed by atoms with Gasteiger partial charge in [0.25, 0.3) is 0 Å². The van der Waals surface area contributed by atoms with Crippen LogP contribution in [0.3, 0.4) is 0 Å². The molecule has 0 bridgehead atoms. The fourth-order valence-corrected chi connectivity index (χ4v) is 8.20. The molecule has 0 aromatic heterocycles. The van der Waals surface area contributed by atoms with E-state index in [9.17, 15) is 20.1 Å². The zero-order chi connectivity index (χ0) is 42.3. The van der Waals surface area contributed by atoms with Crippen LogP contribution < -0.4 is 5.32 Å². The summed E-state index contributed by atoms with van der Waals surface area (Å²) >= 11 is 0. The molecule has 4 N–H and O–H groups in total. The van der Waals surface area contributed by atoms with Crippen LogP contribution in [0.2, 0.25) is 0 Å². The van der Waals surface area contributed by atoms with Crippen LogP contribution in [0, 0.1) is 0 Å². The first-order chi connectivity index (χ1) is 28.6. The number of carbonyl (C=O) groups excluding carboxylic acids is 1. The van der Waals surface area contributed by atoms with E-state index < -0.39 is 24.2 Å². The molecule has 0 aliphatic rings. The van der Waals surface area contributed by atoms with Crippen molar-refractivity contribution in [3.05, 3.63) is 24.3 Å². The standard InChI is InChI=1S/C53H103NO4/c1-3-5-7-9-11-13-15-17-19-21-23-25-26-28-30-32-34-36-38-40-42-44-46-48-52(57)53(58)54-50(49-55)51(56)47-45-43-41-39-37-35-33-31-29-27-24-22-20-18-16-14-12-10-8-6-4-2/h37,39,45,47,50-52,55-57H,3-36,38,40-44,46,48-49H2,1-2H3,(H,54,58)/b39-37+,47-45+. The lowest BCUT2D eigenvalue weighted by atomic mass is 10.0. The third-order valence-corrected chi connectivity index (χ3v) is 12.3. The van der Waals surface area contributed by atoms with Gasteiger partial charge in [-0.05, 0) is 32.1 Å². The minimum Gasteiger partial charge on any atom is -0.394 e. The van der Waals surface area contributed by atoms with Gasteiger partial charge in [-0.2, -0.15) is 0 Å². The molecule has 0 aliphatic heterocycles.